The number of nitrogens with two attached hydrogens (primary N) is 1. The lowest BCUT2D eigenvalue weighted by Crippen LogP contribution is -2.34. The number of hydrogen-bond donors (Lipinski definition) is 2. The lowest BCUT2D eigenvalue weighted by molar-refractivity contribution is 0.0932. The largest absolute Gasteiger partial charge is 0.494 e. The van der Waals surface area contributed by atoms with Crippen LogP contribution in [0.5, 0.6) is 5.75 Å². The summed E-state index contributed by atoms with van der Waals surface area (Å²) in [7, 11) is 1.52. The summed E-state index contributed by atoms with van der Waals surface area (Å²) < 4.78 is 5.20. The van der Waals surface area contributed by atoms with Crippen molar-refractivity contribution in [2.24, 2.45) is 5.92 Å². The second-order valence-corrected chi connectivity index (χ2v) is 5.05. The molecule has 1 aromatic carbocycles. The molecule has 1 amide bonds. The van der Waals surface area contributed by atoms with Gasteiger partial charge in [0.2, 0.25) is 0 Å². The summed E-state index contributed by atoms with van der Waals surface area (Å²) in [5.74, 6) is 0.897. The number of anilines is 1. The summed E-state index contributed by atoms with van der Waals surface area (Å²) in [6.45, 7) is 6.35. The number of hydrogen-bond acceptors (Lipinski definition) is 3. The van der Waals surface area contributed by atoms with Crippen molar-refractivity contribution in [2.75, 3.05) is 12.8 Å². The van der Waals surface area contributed by atoms with Gasteiger partial charge in [-0.3, -0.25) is 4.79 Å². The zero-order chi connectivity index (χ0) is 14.4. The Bertz CT molecular complexity index is 432. The average molecular weight is 264 g/mol. The quantitative estimate of drug-likeness (QED) is 0.776. The molecular weight excluding hydrogens is 240 g/mol. The summed E-state index contributed by atoms with van der Waals surface area (Å²) in [5, 5.41) is 2.99. The van der Waals surface area contributed by atoms with Gasteiger partial charge in [0.15, 0.2) is 5.75 Å². The van der Waals surface area contributed by atoms with E-state index in [1.165, 1.54) is 7.11 Å². The number of carbonyl (C=O) groups excluding carboxylic acids is 1. The minimum Gasteiger partial charge on any atom is -0.494 e. The Kier molecular flexibility index (Phi) is 5.67. The van der Waals surface area contributed by atoms with Gasteiger partial charge in [0.25, 0.3) is 5.91 Å². The third-order valence-electron chi connectivity index (χ3n) is 3.32. The van der Waals surface area contributed by atoms with Crippen molar-refractivity contribution in [1.29, 1.82) is 0 Å². The maximum absolute atomic E-state index is 12.2. The molecule has 2 unspecified atom stereocenters. The Morgan fingerprint density at radius 1 is 1.42 bits per heavy atom. The first kappa shape index (κ1) is 15.3. The molecule has 0 aliphatic carbocycles. The van der Waals surface area contributed by atoms with E-state index in [1.54, 1.807) is 18.2 Å². The van der Waals surface area contributed by atoms with Gasteiger partial charge >= 0.3 is 0 Å². The number of methoxy groups -OCH3 is 1. The monoisotopic (exact) mass is 264 g/mol. The van der Waals surface area contributed by atoms with Gasteiger partial charge in [-0.05, 0) is 31.4 Å². The van der Waals surface area contributed by atoms with Crippen LogP contribution >= 0.6 is 0 Å². The molecule has 1 aromatic rings. The third-order valence-corrected chi connectivity index (χ3v) is 3.32. The van der Waals surface area contributed by atoms with Crippen molar-refractivity contribution < 1.29 is 9.53 Å². The van der Waals surface area contributed by atoms with Crippen LogP contribution in [0.15, 0.2) is 18.2 Å². The van der Waals surface area contributed by atoms with Crippen LogP contribution in [0.2, 0.25) is 0 Å². The highest BCUT2D eigenvalue weighted by Gasteiger charge is 2.17. The van der Waals surface area contributed by atoms with E-state index in [0.717, 1.165) is 12.8 Å². The first-order chi connectivity index (χ1) is 8.99. The molecule has 3 N–H and O–H groups in total. The zero-order valence-corrected chi connectivity index (χ0v) is 12.2. The number of benzene rings is 1. The van der Waals surface area contributed by atoms with Crippen LogP contribution in [0, 0.1) is 5.92 Å². The smallest absolute Gasteiger partial charge is 0.255 e. The standard InChI is InChI=1S/C15H24N2O2/c1-5-10(2)9-11(3)17-15(18)12-7-6-8-13(16)14(12)19-4/h6-8,10-11H,5,9,16H2,1-4H3,(H,17,18). The van der Waals surface area contributed by atoms with E-state index in [4.69, 9.17) is 10.5 Å². The van der Waals surface area contributed by atoms with Gasteiger partial charge in [0.05, 0.1) is 18.4 Å². The van der Waals surface area contributed by atoms with Crippen molar-refractivity contribution in [3.8, 4) is 5.75 Å². The predicted molar refractivity (Wildman–Crippen MR) is 78.4 cm³/mol. The van der Waals surface area contributed by atoms with E-state index < -0.39 is 0 Å². The van der Waals surface area contributed by atoms with Crippen LogP contribution in [0.3, 0.4) is 0 Å². The van der Waals surface area contributed by atoms with Crippen molar-refractivity contribution in [2.45, 2.75) is 39.7 Å². The zero-order valence-electron chi connectivity index (χ0n) is 12.2. The summed E-state index contributed by atoms with van der Waals surface area (Å²) in [6, 6.07) is 5.33. The normalized spacial score (nSPS) is 13.7. The number of carbonyl (C=O) groups is 1. The van der Waals surface area contributed by atoms with Crippen molar-refractivity contribution in [3.63, 3.8) is 0 Å². The summed E-state index contributed by atoms with van der Waals surface area (Å²) >= 11 is 0. The van der Waals surface area contributed by atoms with Gasteiger partial charge in [-0.1, -0.05) is 26.3 Å². The SMILES string of the molecule is CCC(C)CC(C)NC(=O)c1cccc(N)c1OC. The highest BCUT2D eigenvalue weighted by molar-refractivity contribution is 5.98. The maximum atomic E-state index is 12.2. The molecule has 0 fully saturated rings. The fourth-order valence-electron chi connectivity index (χ4n) is 2.09. The Balaban J connectivity index is 2.76. The van der Waals surface area contributed by atoms with Crippen LogP contribution in [0.4, 0.5) is 5.69 Å². The molecule has 0 aliphatic rings. The van der Waals surface area contributed by atoms with E-state index >= 15 is 0 Å². The van der Waals surface area contributed by atoms with E-state index in [1.807, 2.05) is 6.92 Å². The molecule has 0 radical (unpaired) electrons. The van der Waals surface area contributed by atoms with Crippen LogP contribution in [-0.4, -0.2) is 19.1 Å². The van der Waals surface area contributed by atoms with Crippen LogP contribution in [-0.2, 0) is 0 Å². The highest BCUT2D eigenvalue weighted by atomic mass is 16.5. The number of amides is 1. The Labute approximate surface area is 115 Å². The molecule has 0 bridgehead atoms. The third kappa shape index (κ3) is 4.16. The molecule has 106 valence electrons. The summed E-state index contributed by atoms with van der Waals surface area (Å²) in [6.07, 6.45) is 2.08. The van der Waals surface area contributed by atoms with Gasteiger partial charge < -0.3 is 15.8 Å². The average Bonchev–Trinajstić information content (AvgIpc) is 2.37. The Morgan fingerprint density at radius 2 is 2.11 bits per heavy atom. The number of para-hydroxylation sites is 1. The molecule has 0 saturated carbocycles. The molecular formula is C15H24N2O2. The Hall–Kier alpha value is -1.71. The van der Waals surface area contributed by atoms with Gasteiger partial charge in [-0.15, -0.1) is 0 Å². The van der Waals surface area contributed by atoms with Gasteiger partial charge in [0, 0.05) is 6.04 Å². The second-order valence-electron chi connectivity index (χ2n) is 5.05. The maximum Gasteiger partial charge on any atom is 0.255 e. The molecule has 0 heterocycles. The fraction of sp³-hybridized carbons (Fsp3) is 0.533. The molecule has 4 nitrogen and oxygen atoms in total. The first-order valence-corrected chi connectivity index (χ1v) is 6.72. The summed E-state index contributed by atoms with van der Waals surface area (Å²) in [5.41, 5.74) is 6.76. The number of nitrogen functional groups attached to an aromatic ring is 1. The van der Waals surface area contributed by atoms with Gasteiger partial charge in [-0.25, -0.2) is 0 Å². The number of nitrogens with one attached hydrogen (secondary N) is 1. The minimum absolute atomic E-state index is 0.133. The van der Waals surface area contributed by atoms with Gasteiger partial charge in [-0.2, -0.15) is 0 Å². The molecule has 0 saturated heterocycles. The van der Waals surface area contributed by atoms with Crippen molar-refractivity contribution in [3.05, 3.63) is 23.8 Å². The van der Waals surface area contributed by atoms with Gasteiger partial charge in [0.1, 0.15) is 0 Å². The van der Waals surface area contributed by atoms with Crippen LogP contribution in [0.25, 0.3) is 0 Å². The van der Waals surface area contributed by atoms with Crippen molar-refractivity contribution in [1.82, 2.24) is 5.32 Å². The minimum atomic E-state index is -0.139. The number of ether oxygens (including phenoxy) is 1. The molecule has 4 heteroatoms. The fourth-order valence-corrected chi connectivity index (χ4v) is 2.09. The number of rotatable bonds is 6. The van der Waals surface area contributed by atoms with E-state index in [9.17, 15) is 4.79 Å². The highest BCUT2D eigenvalue weighted by Crippen LogP contribution is 2.25. The lowest BCUT2D eigenvalue weighted by atomic mass is 10.00. The van der Waals surface area contributed by atoms with Crippen LogP contribution in [0.1, 0.15) is 44.0 Å². The Morgan fingerprint density at radius 3 is 2.68 bits per heavy atom. The molecule has 0 aromatic heterocycles. The lowest BCUT2D eigenvalue weighted by Gasteiger charge is -2.18. The molecule has 0 aliphatic heterocycles. The van der Waals surface area contributed by atoms with E-state index in [2.05, 4.69) is 19.2 Å². The van der Waals surface area contributed by atoms with Crippen LogP contribution < -0.4 is 15.8 Å². The summed E-state index contributed by atoms with van der Waals surface area (Å²) in [4.78, 5) is 12.2. The second kappa shape index (κ2) is 7.02. The first-order valence-electron chi connectivity index (χ1n) is 6.72. The molecule has 2 atom stereocenters. The topological polar surface area (TPSA) is 64.4 Å². The molecule has 0 spiro atoms. The van der Waals surface area contributed by atoms with Crippen molar-refractivity contribution >= 4 is 11.6 Å². The molecule has 1 rings (SSSR count). The predicted octanol–water partition coefficient (Wildman–Crippen LogP) is 2.83. The molecule has 19 heavy (non-hydrogen) atoms. The van der Waals surface area contributed by atoms with E-state index in [0.29, 0.717) is 22.9 Å². The van der Waals surface area contributed by atoms with E-state index in [-0.39, 0.29) is 11.9 Å².